The highest BCUT2D eigenvalue weighted by Gasteiger charge is 2.20. The van der Waals surface area contributed by atoms with E-state index in [4.69, 9.17) is 0 Å². The monoisotopic (exact) mass is 314 g/mol. The van der Waals surface area contributed by atoms with Gasteiger partial charge < -0.3 is 0 Å². The molecule has 0 N–H and O–H groups in total. The van der Waals surface area contributed by atoms with Crippen molar-refractivity contribution in [2.45, 2.75) is 9.92 Å². The number of benzene rings is 1. The lowest BCUT2D eigenvalue weighted by Crippen LogP contribution is -1.96. The highest BCUT2D eigenvalue weighted by Crippen LogP contribution is 2.46. The molecule has 2 aromatic heterocycles. The van der Waals surface area contributed by atoms with E-state index >= 15 is 0 Å². The lowest BCUT2D eigenvalue weighted by molar-refractivity contribution is 1.13. The van der Waals surface area contributed by atoms with Gasteiger partial charge in [0.2, 0.25) is 0 Å². The van der Waals surface area contributed by atoms with Crippen molar-refractivity contribution in [1.29, 1.82) is 0 Å². The van der Waals surface area contributed by atoms with Crippen LogP contribution in [0.2, 0.25) is 0 Å². The Kier molecular flexibility index (Phi) is 2.22. The molecule has 0 unspecified atom stereocenters. The number of hydrogen-bond donors (Lipinski definition) is 0. The van der Waals surface area contributed by atoms with Crippen molar-refractivity contribution in [2.75, 3.05) is 0 Å². The molecule has 2 nitrogen and oxygen atoms in total. The van der Waals surface area contributed by atoms with E-state index in [0.29, 0.717) is 0 Å². The average Bonchev–Trinajstić information content (AvgIpc) is 2.38. The topological polar surface area (TPSA) is 25.8 Å². The van der Waals surface area contributed by atoms with Crippen LogP contribution in [0.5, 0.6) is 0 Å². The Morgan fingerprint density at radius 3 is 2.94 bits per heavy atom. The first-order valence-electron chi connectivity index (χ1n) is 5.55. The average molecular weight is 315 g/mol. The van der Waals surface area contributed by atoms with E-state index < -0.39 is 0 Å². The third-order valence-corrected chi connectivity index (χ3v) is 4.52. The smallest absolute Gasteiger partial charge is 0.109 e. The van der Waals surface area contributed by atoms with Crippen molar-refractivity contribution in [3.63, 3.8) is 0 Å². The van der Waals surface area contributed by atoms with Gasteiger partial charge in [-0.05, 0) is 45.8 Å². The molecule has 3 heterocycles. The Hall–Kier alpha value is -1.39. The second kappa shape index (κ2) is 3.80. The maximum atomic E-state index is 4.53. The minimum atomic E-state index is 0.865. The van der Waals surface area contributed by atoms with Gasteiger partial charge in [-0.25, -0.2) is 9.97 Å². The van der Waals surface area contributed by atoms with Crippen LogP contribution in [0.25, 0.3) is 22.0 Å². The van der Waals surface area contributed by atoms with E-state index in [1.807, 2.05) is 18.3 Å². The SMILES string of the molecule is Brc1cc2c3c(cccc3n1)Sc1ncccc1-2. The van der Waals surface area contributed by atoms with Crippen LogP contribution in [0.1, 0.15) is 0 Å². The van der Waals surface area contributed by atoms with E-state index in [-0.39, 0.29) is 0 Å². The van der Waals surface area contributed by atoms with Crippen LogP contribution in [0.4, 0.5) is 0 Å². The standard InChI is InChI=1S/C14H7BrN2S/c15-12-7-9-8-3-2-6-16-14(8)18-11-5-1-4-10(17-12)13(9)11/h1-7H. The summed E-state index contributed by atoms with van der Waals surface area (Å²) < 4.78 is 0.865. The molecule has 0 saturated heterocycles. The van der Waals surface area contributed by atoms with Crippen LogP contribution in [-0.4, -0.2) is 9.97 Å². The maximum absolute atomic E-state index is 4.53. The Labute approximate surface area is 117 Å². The third kappa shape index (κ3) is 1.42. The van der Waals surface area contributed by atoms with Gasteiger partial charge in [-0.2, -0.15) is 0 Å². The van der Waals surface area contributed by atoms with Gasteiger partial charge in [-0.3, -0.25) is 0 Å². The van der Waals surface area contributed by atoms with Gasteiger partial charge in [0.05, 0.1) is 5.52 Å². The number of nitrogens with zero attached hydrogens (tertiary/aromatic N) is 2. The molecule has 4 rings (SSSR count). The van der Waals surface area contributed by atoms with E-state index in [2.05, 4.69) is 50.2 Å². The van der Waals surface area contributed by atoms with Crippen molar-refractivity contribution in [3.05, 3.63) is 47.2 Å². The van der Waals surface area contributed by atoms with Gasteiger partial charge in [-0.15, -0.1) is 0 Å². The molecule has 18 heavy (non-hydrogen) atoms. The fourth-order valence-electron chi connectivity index (χ4n) is 2.30. The van der Waals surface area contributed by atoms with Crippen LogP contribution >= 0.6 is 27.7 Å². The molecule has 0 atom stereocenters. The van der Waals surface area contributed by atoms with E-state index in [0.717, 1.165) is 15.1 Å². The number of hydrogen-bond acceptors (Lipinski definition) is 3. The summed E-state index contributed by atoms with van der Waals surface area (Å²) in [5.41, 5.74) is 3.43. The van der Waals surface area contributed by atoms with Gasteiger partial charge >= 0.3 is 0 Å². The minimum absolute atomic E-state index is 0.865. The molecule has 4 heteroatoms. The maximum Gasteiger partial charge on any atom is 0.109 e. The zero-order valence-corrected chi connectivity index (χ0v) is 11.6. The molecule has 3 aromatic rings. The van der Waals surface area contributed by atoms with Crippen molar-refractivity contribution < 1.29 is 0 Å². The fraction of sp³-hybridized carbons (Fsp3) is 0. The zero-order chi connectivity index (χ0) is 12.1. The molecule has 0 fully saturated rings. The third-order valence-electron chi connectivity index (χ3n) is 3.03. The van der Waals surface area contributed by atoms with E-state index in [1.165, 1.54) is 21.4 Å². The summed E-state index contributed by atoms with van der Waals surface area (Å²) in [5.74, 6) is 0. The first-order chi connectivity index (χ1) is 8.83. The predicted molar refractivity (Wildman–Crippen MR) is 76.8 cm³/mol. The van der Waals surface area contributed by atoms with Gasteiger partial charge in [0.1, 0.15) is 9.63 Å². The van der Waals surface area contributed by atoms with Gasteiger partial charge in [0.15, 0.2) is 0 Å². The van der Waals surface area contributed by atoms with Crippen molar-refractivity contribution in [3.8, 4) is 11.1 Å². The van der Waals surface area contributed by atoms with Gasteiger partial charge in [0.25, 0.3) is 0 Å². The highest BCUT2D eigenvalue weighted by molar-refractivity contribution is 9.10. The number of aromatic nitrogens is 2. The van der Waals surface area contributed by atoms with Crippen molar-refractivity contribution in [1.82, 2.24) is 9.97 Å². The Morgan fingerprint density at radius 1 is 1.06 bits per heavy atom. The van der Waals surface area contributed by atoms with Crippen LogP contribution in [0.15, 0.2) is 57.1 Å². The number of rotatable bonds is 0. The molecule has 0 aliphatic carbocycles. The van der Waals surface area contributed by atoms with Crippen LogP contribution in [0.3, 0.4) is 0 Å². The highest BCUT2D eigenvalue weighted by atomic mass is 79.9. The second-order valence-corrected chi connectivity index (χ2v) is 5.94. The first-order valence-corrected chi connectivity index (χ1v) is 7.16. The molecular formula is C14H7BrN2S. The van der Waals surface area contributed by atoms with E-state index in [9.17, 15) is 0 Å². The molecule has 1 aliphatic rings. The first kappa shape index (κ1) is 10.5. The summed E-state index contributed by atoms with van der Waals surface area (Å²) in [6.07, 6.45) is 1.84. The normalized spacial score (nSPS) is 12.5. The number of halogens is 1. The quantitative estimate of drug-likeness (QED) is 0.446. The molecule has 0 radical (unpaired) electrons. The predicted octanol–water partition coefficient (Wildman–Crippen LogP) is 4.52. The molecular weight excluding hydrogens is 308 g/mol. The number of fused-ring (bicyclic) bond motifs is 2. The van der Waals surface area contributed by atoms with Crippen molar-refractivity contribution in [2.24, 2.45) is 0 Å². The van der Waals surface area contributed by atoms with Gasteiger partial charge in [0, 0.05) is 22.0 Å². The zero-order valence-electron chi connectivity index (χ0n) is 9.22. The second-order valence-electron chi connectivity index (χ2n) is 4.10. The summed E-state index contributed by atoms with van der Waals surface area (Å²) in [6, 6.07) is 12.4. The summed E-state index contributed by atoms with van der Waals surface area (Å²) in [7, 11) is 0. The van der Waals surface area contributed by atoms with Crippen molar-refractivity contribution >= 4 is 38.6 Å². The Balaban J connectivity index is 2.22. The van der Waals surface area contributed by atoms with Gasteiger partial charge in [-0.1, -0.05) is 23.9 Å². The van der Waals surface area contributed by atoms with Crippen LogP contribution in [-0.2, 0) is 0 Å². The summed E-state index contributed by atoms with van der Waals surface area (Å²) in [4.78, 5) is 10.2. The largest absolute Gasteiger partial charge is 0.249 e. The molecule has 0 amide bonds. The molecule has 0 saturated carbocycles. The summed E-state index contributed by atoms with van der Waals surface area (Å²) >= 11 is 5.20. The minimum Gasteiger partial charge on any atom is -0.249 e. The molecule has 0 spiro atoms. The molecule has 1 aromatic carbocycles. The van der Waals surface area contributed by atoms with E-state index in [1.54, 1.807) is 11.8 Å². The molecule has 86 valence electrons. The fourth-order valence-corrected chi connectivity index (χ4v) is 3.79. The Bertz CT molecular complexity index is 786. The summed E-state index contributed by atoms with van der Waals surface area (Å²) in [6.45, 7) is 0. The van der Waals surface area contributed by atoms with Crippen LogP contribution < -0.4 is 0 Å². The summed E-state index contributed by atoms with van der Waals surface area (Å²) in [5, 5.41) is 2.29. The number of pyridine rings is 2. The molecule has 1 aliphatic heterocycles. The molecule has 0 bridgehead atoms. The Morgan fingerprint density at radius 2 is 2.00 bits per heavy atom. The lowest BCUT2D eigenvalue weighted by Gasteiger charge is -2.18. The van der Waals surface area contributed by atoms with Crippen LogP contribution in [0, 0.1) is 0 Å². The lowest BCUT2D eigenvalue weighted by atomic mass is 10.0.